The van der Waals surface area contributed by atoms with Gasteiger partial charge in [-0.15, -0.1) is 11.3 Å². The van der Waals surface area contributed by atoms with Crippen molar-refractivity contribution in [2.75, 3.05) is 18.0 Å². The molecule has 4 rings (SSSR count). The van der Waals surface area contributed by atoms with Crippen LogP contribution in [0.4, 0.5) is 10.5 Å². The molecule has 0 bridgehead atoms. The average molecular weight is 434 g/mol. The number of benzene rings is 2. The highest BCUT2D eigenvalue weighted by Crippen LogP contribution is 2.27. The number of carbonyl (C=O) groups excluding carboxylic acids is 2. The maximum atomic E-state index is 13.2. The molecule has 1 aliphatic rings. The summed E-state index contributed by atoms with van der Waals surface area (Å²) in [5, 5.41) is 8.01. The average Bonchev–Trinajstić information content (AvgIpc) is 3.48. The quantitative estimate of drug-likeness (QED) is 0.517. The Morgan fingerprint density at radius 2 is 2.00 bits per heavy atom. The SMILES string of the molecule is CCCCc1ccc(C(NC(=O)c2cccc(N3CCNC3=O)c2)c2cccs2)cc1. The molecule has 6 heteroatoms. The van der Waals surface area contributed by atoms with Crippen LogP contribution in [0.5, 0.6) is 0 Å². The van der Waals surface area contributed by atoms with Crippen LogP contribution in [0.1, 0.15) is 52.2 Å². The molecule has 1 unspecified atom stereocenters. The summed E-state index contributed by atoms with van der Waals surface area (Å²) in [7, 11) is 0. The van der Waals surface area contributed by atoms with E-state index < -0.39 is 0 Å². The second kappa shape index (κ2) is 9.79. The number of hydrogen-bond donors (Lipinski definition) is 2. The molecule has 3 aromatic rings. The van der Waals surface area contributed by atoms with Gasteiger partial charge in [-0.3, -0.25) is 9.69 Å². The molecule has 160 valence electrons. The second-order valence-corrected chi connectivity index (χ2v) is 8.68. The predicted octanol–water partition coefficient (Wildman–Crippen LogP) is 5.14. The van der Waals surface area contributed by atoms with Crippen LogP contribution in [-0.2, 0) is 6.42 Å². The van der Waals surface area contributed by atoms with Gasteiger partial charge in [-0.1, -0.05) is 49.7 Å². The topological polar surface area (TPSA) is 61.4 Å². The number of unbranched alkanes of at least 4 members (excludes halogenated alkanes) is 1. The zero-order valence-electron chi connectivity index (χ0n) is 17.6. The first-order valence-corrected chi connectivity index (χ1v) is 11.6. The minimum Gasteiger partial charge on any atom is -0.340 e. The van der Waals surface area contributed by atoms with Crippen LogP contribution in [0.3, 0.4) is 0 Å². The number of aryl methyl sites for hydroxylation is 1. The van der Waals surface area contributed by atoms with Gasteiger partial charge in [-0.2, -0.15) is 0 Å². The van der Waals surface area contributed by atoms with Crippen LogP contribution in [-0.4, -0.2) is 25.0 Å². The number of anilines is 1. The normalized spacial score (nSPS) is 14.4. The van der Waals surface area contributed by atoms with Crippen molar-refractivity contribution in [3.63, 3.8) is 0 Å². The lowest BCUT2D eigenvalue weighted by Crippen LogP contribution is -2.30. The molecule has 3 amide bonds. The Balaban J connectivity index is 1.55. The van der Waals surface area contributed by atoms with E-state index in [1.807, 2.05) is 29.6 Å². The fourth-order valence-electron chi connectivity index (χ4n) is 3.78. The zero-order chi connectivity index (χ0) is 21.6. The predicted molar refractivity (Wildman–Crippen MR) is 126 cm³/mol. The Hall–Kier alpha value is -3.12. The van der Waals surface area contributed by atoms with Crippen LogP contribution >= 0.6 is 11.3 Å². The number of nitrogens with zero attached hydrogens (tertiary/aromatic N) is 1. The Labute approximate surface area is 187 Å². The summed E-state index contributed by atoms with van der Waals surface area (Å²) in [5.74, 6) is -0.157. The van der Waals surface area contributed by atoms with Crippen molar-refractivity contribution in [3.05, 3.63) is 87.6 Å². The summed E-state index contributed by atoms with van der Waals surface area (Å²) in [6.07, 6.45) is 3.42. The summed E-state index contributed by atoms with van der Waals surface area (Å²) < 4.78 is 0. The van der Waals surface area contributed by atoms with Gasteiger partial charge < -0.3 is 10.6 Å². The van der Waals surface area contributed by atoms with Crippen LogP contribution in [0.15, 0.2) is 66.0 Å². The third-order valence-corrected chi connectivity index (χ3v) is 6.45. The molecule has 0 aliphatic carbocycles. The van der Waals surface area contributed by atoms with Crippen molar-refractivity contribution in [3.8, 4) is 0 Å². The molecule has 0 radical (unpaired) electrons. The number of amides is 3. The van der Waals surface area contributed by atoms with E-state index in [1.165, 1.54) is 18.4 Å². The standard InChI is InChI=1S/C25H27N3O2S/c1-2-3-6-18-10-12-19(13-11-18)23(22-9-5-16-31-22)27-24(29)20-7-4-8-21(17-20)28-15-14-26-25(28)30/h4-5,7-13,16-17,23H,2-3,6,14-15H2,1H3,(H,26,30)(H,27,29). The molecule has 0 spiro atoms. The Kier molecular flexibility index (Phi) is 6.67. The van der Waals surface area contributed by atoms with Gasteiger partial charge in [0, 0.05) is 29.2 Å². The maximum absolute atomic E-state index is 13.2. The minimum absolute atomic E-state index is 0.128. The smallest absolute Gasteiger partial charge is 0.321 e. The lowest BCUT2D eigenvalue weighted by Gasteiger charge is -2.20. The largest absolute Gasteiger partial charge is 0.340 e. The van der Waals surface area contributed by atoms with Gasteiger partial charge in [-0.05, 0) is 53.6 Å². The van der Waals surface area contributed by atoms with Crippen molar-refractivity contribution in [2.24, 2.45) is 0 Å². The Bertz CT molecular complexity index is 1030. The summed E-state index contributed by atoms with van der Waals surface area (Å²) in [6.45, 7) is 3.41. The number of urea groups is 1. The number of nitrogens with one attached hydrogen (secondary N) is 2. The van der Waals surface area contributed by atoms with Crippen molar-refractivity contribution < 1.29 is 9.59 Å². The Morgan fingerprint density at radius 1 is 1.16 bits per heavy atom. The van der Waals surface area contributed by atoms with Gasteiger partial charge >= 0.3 is 6.03 Å². The van der Waals surface area contributed by atoms with Crippen molar-refractivity contribution in [1.82, 2.24) is 10.6 Å². The summed E-state index contributed by atoms with van der Waals surface area (Å²) >= 11 is 1.63. The molecule has 0 saturated carbocycles. The van der Waals surface area contributed by atoms with Crippen molar-refractivity contribution in [1.29, 1.82) is 0 Å². The van der Waals surface area contributed by atoms with Crippen LogP contribution < -0.4 is 15.5 Å². The third kappa shape index (κ3) is 4.97. The van der Waals surface area contributed by atoms with E-state index in [0.717, 1.165) is 22.5 Å². The number of hydrogen-bond acceptors (Lipinski definition) is 3. The van der Waals surface area contributed by atoms with E-state index in [9.17, 15) is 9.59 Å². The molecular weight excluding hydrogens is 406 g/mol. The Morgan fingerprint density at radius 3 is 2.68 bits per heavy atom. The van der Waals surface area contributed by atoms with E-state index in [2.05, 4.69) is 41.8 Å². The number of thiophene rings is 1. The molecule has 1 atom stereocenters. The van der Waals surface area contributed by atoms with Gasteiger partial charge in [0.1, 0.15) is 0 Å². The fourth-order valence-corrected chi connectivity index (χ4v) is 4.58. The minimum atomic E-state index is -0.216. The van der Waals surface area contributed by atoms with Crippen LogP contribution in [0.2, 0.25) is 0 Å². The van der Waals surface area contributed by atoms with Crippen LogP contribution in [0, 0.1) is 0 Å². The molecule has 1 aliphatic heterocycles. The summed E-state index contributed by atoms with van der Waals surface area (Å²) in [6, 6.07) is 19.5. The van der Waals surface area contributed by atoms with Gasteiger partial charge in [-0.25, -0.2) is 4.79 Å². The van der Waals surface area contributed by atoms with Crippen molar-refractivity contribution in [2.45, 2.75) is 32.2 Å². The van der Waals surface area contributed by atoms with E-state index in [0.29, 0.717) is 18.7 Å². The maximum Gasteiger partial charge on any atom is 0.321 e. The first-order chi connectivity index (χ1) is 15.2. The molecule has 2 aromatic carbocycles. The van der Waals surface area contributed by atoms with Crippen LogP contribution in [0.25, 0.3) is 0 Å². The van der Waals surface area contributed by atoms with E-state index in [4.69, 9.17) is 0 Å². The number of carbonyl (C=O) groups is 2. The first-order valence-electron chi connectivity index (χ1n) is 10.7. The number of rotatable bonds is 8. The van der Waals surface area contributed by atoms with Gasteiger partial charge in [0.05, 0.1) is 6.04 Å². The lowest BCUT2D eigenvalue weighted by atomic mass is 10.0. The van der Waals surface area contributed by atoms with Gasteiger partial charge in [0.2, 0.25) is 0 Å². The summed E-state index contributed by atoms with van der Waals surface area (Å²) in [4.78, 5) is 27.9. The molecule has 2 N–H and O–H groups in total. The van der Waals surface area contributed by atoms with E-state index in [1.54, 1.807) is 28.4 Å². The molecule has 31 heavy (non-hydrogen) atoms. The lowest BCUT2D eigenvalue weighted by molar-refractivity contribution is 0.0943. The third-order valence-electron chi connectivity index (χ3n) is 5.51. The first kappa shape index (κ1) is 21.1. The van der Waals surface area contributed by atoms with E-state index in [-0.39, 0.29) is 18.0 Å². The van der Waals surface area contributed by atoms with Gasteiger partial charge in [0.25, 0.3) is 5.91 Å². The highest BCUT2D eigenvalue weighted by atomic mass is 32.1. The van der Waals surface area contributed by atoms with E-state index >= 15 is 0 Å². The highest BCUT2D eigenvalue weighted by molar-refractivity contribution is 7.10. The molecule has 5 nitrogen and oxygen atoms in total. The van der Waals surface area contributed by atoms with Gasteiger partial charge in [0.15, 0.2) is 0 Å². The monoisotopic (exact) mass is 433 g/mol. The molecule has 2 heterocycles. The zero-order valence-corrected chi connectivity index (χ0v) is 18.5. The second-order valence-electron chi connectivity index (χ2n) is 7.70. The molecular formula is C25H27N3O2S. The molecule has 1 aromatic heterocycles. The fraction of sp³-hybridized carbons (Fsp3) is 0.280. The summed E-state index contributed by atoms with van der Waals surface area (Å²) in [5.41, 5.74) is 3.65. The highest BCUT2D eigenvalue weighted by Gasteiger charge is 2.23. The van der Waals surface area contributed by atoms with Crippen molar-refractivity contribution >= 4 is 29.0 Å². The molecule has 1 fully saturated rings. The molecule has 1 saturated heterocycles.